The van der Waals surface area contributed by atoms with E-state index in [1.54, 1.807) is 12.3 Å². The first kappa shape index (κ1) is 27.9. The molecule has 1 fully saturated rings. The standard InChI is InChI=1S/C31H35N5O2S2/c1-18-14-20(3)29(21(4)15-18)35-22(5)17-25(23(35)6)30-28(27-10-8-9-13-32-27)33-31(39)36(30)24-11-12-26(19(2)16-24)34-40(7,37)38/h8-17,28,30,34H,1-7H3,(H,33,39)/t28-,30-/m0/s1. The molecule has 0 bridgehead atoms. The molecule has 0 spiro atoms. The van der Waals surface area contributed by atoms with Gasteiger partial charge in [0.15, 0.2) is 5.11 Å². The molecule has 9 heteroatoms. The number of hydrogen-bond acceptors (Lipinski definition) is 4. The Morgan fingerprint density at radius 1 is 0.925 bits per heavy atom. The van der Waals surface area contributed by atoms with Crippen LogP contribution in [0.25, 0.3) is 5.69 Å². The molecule has 40 heavy (non-hydrogen) atoms. The Labute approximate surface area is 242 Å². The minimum atomic E-state index is -3.40. The summed E-state index contributed by atoms with van der Waals surface area (Å²) in [4.78, 5) is 6.83. The lowest BCUT2D eigenvalue weighted by Crippen LogP contribution is -2.29. The number of thiocarbonyl (C=S) groups is 1. The van der Waals surface area contributed by atoms with E-state index < -0.39 is 10.0 Å². The quantitative estimate of drug-likeness (QED) is 0.265. The Morgan fingerprint density at radius 2 is 1.62 bits per heavy atom. The topological polar surface area (TPSA) is 79.3 Å². The maximum absolute atomic E-state index is 11.9. The minimum absolute atomic E-state index is 0.179. The highest BCUT2D eigenvalue weighted by Crippen LogP contribution is 2.44. The number of nitrogens with one attached hydrogen (secondary N) is 2. The minimum Gasteiger partial charge on any atom is -0.351 e. The van der Waals surface area contributed by atoms with Gasteiger partial charge in [-0.2, -0.15) is 0 Å². The van der Waals surface area contributed by atoms with Crippen LogP contribution in [0, 0.1) is 41.5 Å². The lowest BCUT2D eigenvalue weighted by Gasteiger charge is -2.29. The van der Waals surface area contributed by atoms with Crippen LogP contribution in [0.2, 0.25) is 0 Å². The summed E-state index contributed by atoms with van der Waals surface area (Å²) >= 11 is 5.94. The van der Waals surface area contributed by atoms with E-state index in [4.69, 9.17) is 17.2 Å². The van der Waals surface area contributed by atoms with E-state index in [2.05, 4.69) is 72.3 Å². The van der Waals surface area contributed by atoms with Crippen LogP contribution in [0.3, 0.4) is 0 Å². The summed E-state index contributed by atoms with van der Waals surface area (Å²) in [5, 5.41) is 4.13. The summed E-state index contributed by atoms with van der Waals surface area (Å²) in [6.07, 6.45) is 2.96. The van der Waals surface area contributed by atoms with E-state index in [0.29, 0.717) is 10.8 Å². The Hall–Kier alpha value is -3.69. The van der Waals surface area contributed by atoms with Crippen LogP contribution < -0.4 is 14.9 Å². The maximum Gasteiger partial charge on any atom is 0.229 e. The first-order valence-corrected chi connectivity index (χ1v) is 15.5. The number of aromatic nitrogens is 2. The van der Waals surface area contributed by atoms with Gasteiger partial charge in [0.25, 0.3) is 0 Å². The molecule has 208 valence electrons. The Balaban J connectivity index is 1.68. The number of benzene rings is 2. The monoisotopic (exact) mass is 573 g/mol. The van der Waals surface area contributed by atoms with Crippen molar-refractivity contribution < 1.29 is 8.42 Å². The van der Waals surface area contributed by atoms with Crippen LogP contribution in [-0.4, -0.2) is 29.3 Å². The van der Waals surface area contributed by atoms with E-state index in [1.807, 2.05) is 37.3 Å². The number of anilines is 2. The van der Waals surface area contributed by atoms with E-state index in [0.717, 1.165) is 40.2 Å². The molecule has 2 aromatic heterocycles. The zero-order chi connectivity index (χ0) is 28.9. The highest BCUT2D eigenvalue weighted by atomic mass is 32.2. The second kappa shape index (κ2) is 10.4. The van der Waals surface area contributed by atoms with Crippen molar-refractivity contribution in [2.75, 3.05) is 15.9 Å². The Kier molecular flexibility index (Phi) is 7.22. The molecule has 4 aromatic rings. The predicted molar refractivity (Wildman–Crippen MR) is 167 cm³/mol. The average molecular weight is 574 g/mol. The van der Waals surface area contributed by atoms with Crippen molar-refractivity contribution in [3.63, 3.8) is 0 Å². The third kappa shape index (κ3) is 5.11. The zero-order valence-corrected chi connectivity index (χ0v) is 25.5. The van der Waals surface area contributed by atoms with Gasteiger partial charge in [0, 0.05) is 23.3 Å². The first-order chi connectivity index (χ1) is 18.9. The molecule has 0 radical (unpaired) electrons. The van der Waals surface area contributed by atoms with Gasteiger partial charge < -0.3 is 14.8 Å². The molecule has 3 heterocycles. The molecule has 5 rings (SSSR count). The van der Waals surface area contributed by atoms with Crippen LogP contribution in [0.4, 0.5) is 11.4 Å². The first-order valence-electron chi connectivity index (χ1n) is 13.2. The number of hydrogen-bond donors (Lipinski definition) is 2. The van der Waals surface area contributed by atoms with Crippen molar-refractivity contribution >= 4 is 38.7 Å². The van der Waals surface area contributed by atoms with Gasteiger partial charge in [0.2, 0.25) is 10.0 Å². The van der Waals surface area contributed by atoms with Crippen molar-refractivity contribution in [3.05, 3.63) is 106 Å². The summed E-state index contributed by atoms with van der Waals surface area (Å²) < 4.78 is 28.7. The van der Waals surface area contributed by atoms with Crippen molar-refractivity contribution in [1.82, 2.24) is 14.9 Å². The summed E-state index contributed by atoms with van der Waals surface area (Å²) in [7, 11) is -3.40. The van der Waals surface area contributed by atoms with Gasteiger partial charge in [-0.3, -0.25) is 9.71 Å². The second-order valence-electron chi connectivity index (χ2n) is 10.8. The number of aryl methyl sites for hydroxylation is 5. The summed E-state index contributed by atoms with van der Waals surface area (Å²) in [6.45, 7) is 12.7. The summed E-state index contributed by atoms with van der Waals surface area (Å²) in [5.74, 6) is 0. The zero-order valence-electron chi connectivity index (χ0n) is 23.9. The lowest BCUT2D eigenvalue weighted by atomic mass is 9.96. The largest absolute Gasteiger partial charge is 0.351 e. The molecule has 2 N–H and O–H groups in total. The molecule has 2 atom stereocenters. The molecule has 7 nitrogen and oxygen atoms in total. The number of nitrogens with zero attached hydrogens (tertiary/aromatic N) is 3. The smallest absolute Gasteiger partial charge is 0.229 e. The van der Waals surface area contributed by atoms with Gasteiger partial charge in [-0.1, -0.05) is 23.8 Å². The normalized spacial score (nSPS) is 17.3. The third-order valence-electron chi connectivity index (χ3n) is 7.53. The molecular formula is C31H35N5O2S2. The van der Waals surface area contributed by atoms with E-state index in [-0.39, 0.29) is 12.1 Å². The number of pyridine rings is 1. The number of rotatable bonds is 6. The van der Waals surface area contributed by atoms with Gasteiger partial charge in [0.1, 0.15) is 0 Å². The van der Waals surface area contributed by atoms with Crippen molar-refractivity contribution in [2.24, 2.45) is 0 Å². The van der Waals surface area contributed by atoms with Crippen LogP contribution >= 0.6 is 12.2 Å². The van der Waals surface area contributed by atoms with Gasteiger partial charge in [-0.15, -0.1) is 0 Å². The van der Waals surface area contributed by atoms with Gasteiger partial charge >= 0.3 is 0 Å². The van der Waals surface area contributed by atoms with Crippen LogP contribution in [-0.2, 0) is 10.0 Å². The highest BCUT2D eigenvalue weighted by molar-refractivity contribution is 7.92. The fourth-order valence-electron chi connectivity index (χ4n) is 6.02. The molecule has 0 unspecified atom stereocenters. The van der Waals surface area contributed by atoms with Gasteiger partial charge in [0.05, 0.1) is 35.4 Å². The van der Waals surface area contributed by atoms with E-state index >= 15 is 0 Å². The van der Waals surface area contributed by atoms with Crippen molar-refractivity contribution in [1.29, 1.82) is 0 Å². The summed E-state index contributed by atoms with van der Waals surface area (Å²) in [6, 6.07) is 18.0. The van der Waals surface area contributed by atoms with Crippen LogP contribution in [0.1, 0.15) is 57.0 Å². The second-order valence-corrected chi connectivity index (χ2v) is 12.9. The average Bonchev–Trinajstić information content (AvgIpc) is 3.35. The molecule has 0 amide bonds. The van der Waals surface area contributed by atoms with Gasteiger partial charge in [-0.25, -0.2) is 8.42 Å². The fraction of sp³-hybridized carbons (Fsp3) is 0.290. The van der Waals surface area contributed by atoms with Crippen LogP contribution in [0.5, 0.6) is 0 Å². The molecule has 1 aliphatic rings. The highest BCUT2D eigenvalue weighted by Gasteiger charge is 2.42. The molecule has 2 aromatic carbocycles. The molecule has 0 saturated carbocycles. The number of sulfonamides is 1. The Bertz CT molecular complexity index is 1710. The van der Waals surface area contributed by atoms with Crippen molar-refractivity contribution in [3.8, 4) is 5.69 Å². The van der Waals surface area contributed by atoms with Crippen LogP contribution in [0.15, 0.2) is 60.8 Å². The van der Waals surface area contributed by atoms with Crippen molar-refractivity contribution in [2.45, 2.75) is 53.6 Å². The molecule has 1 aliphatic heterocycles. The summed E-state index contributed by atoms with van der Waals surface area (Å²) in [5.41, 5.74) is 11.5. The van der Waals surface area contributed by atoms with E-state index in [9.17, 15) is 8.42 Å². The third-order valence-corrected chi connectivity index (χ3v) is 8.43. The SMILES string of the molecule is Cc1cc(C)c(-n2c(C)cc([C@H]3[C@H](c4ccccn4)NC(=S)N3c3ccc(NS(C)(=O)=O)c(C)c3)c2C)c(C)c1. The Morgan fingerprint density at radius 3 is 2.23 bits per heavy atom. The maximum atomic E-state index is 11.9. The fourth-order valence-corrected chi connectivity index (χ4v) is 6.99. The van der Waals surface area contributed by atoms with E-state index in [1.165, 1.54) is 22.4 Å². The molecule has 0 aliphatic carbocycles. The van der Waals surface area contributed by atoms with Gasteiger partial charge in [-0.05, 0) is 112 Å². The molecule has 1 saturated heterocycles. The lowest BCUT2D eigenvalue weighted by molar-refractivity contribution is 0.565. The predicted octanol–water partition coefficient (Wildman–Crippen LogP) is 6.27. The molecular weight excluding hydrogens is 539 g/mol.